The molecular weight excluding hydrogens is 190 g/mol. The fourth-order valence-corrected chi connectivity index (χ4v) is 1.05. The smallest absolute Gasteiger partial charge is 0.166 e. The molecule has 0 spiro atoms. The van der Waals surface area contributed by atoms with Crippen molar-refractivity contribution in [3.8, 4) is 5.69 Å². The maximum Gasteiger partial charge on any atom is 0.166 e. The summed E-state index contributed by atoms with van der Waals surface area (Å²) in [5.74, 6) is -1.18. The van der Waals surface area contributed by atoms with Gasteiger partial charge in [-0.05, 0) is 0 Å². The molecule has 2 aromatic rings. The zero-order valence-corrected chi connectivity index (χ0v) is 6.98. The van der Waals surface area contributed by atoms with E-state index in [1.807, 2.05) is 0 Å². The summed E-state index contributed by atoms with van der Waals surface area (Å²) in [6, 6.07) is 3.00. The van der Waals surface area contributed by atoms with Crippen LogP contribution in [0.15, 0.2) is 24.4 Å². The van der Waals surface area contributed by atoms with E-state index in [0.29, 0.717) is 0 Å². The highest BCUT2D eigenvalue weighted by Gasteiger charge is 2.04. The Hall–Kier alpha value is -1.98. The summed E-state index contributed by atoms with van der Waals surface area (Å²) in [6.45, 7) is 0. The number of benzene rings is 1. The number of halogens is 2. The van der Waals surface area contributed by atoms with Crippen LogP contribution in [0.3, 0.4) is 0 Å². The van der Waals surface area contributed by atoms with Gasteiger partial charge in [0.05, 0.1) is 11.9 Å². The van der Waals surface area contributed by atoms with Gasteiger partial charge >= 0.3 is 0 Å². The predicted octanol–water partition coefficient (Wildman–Crippen LogP) is 1.13. The molecule has 2 rings (SSSR count). The third-order valence-electron chi connectivity index (χ3n) is 1.59. The number of anilines is 1. The number of nitrogens with zero attached hydrogens (tertiary/aromatic N) is 3. The van der Waals surface area contributed by atoms with Gasteiger partial charge in [-0.1, -0.05) is 0 Å². The summed E-state index contributed by atoms with van der Waals surface area (Å²) < 4.78 is 25.6. The van der Waals surface area contributed by atoms with Crippen molar-refractivity contribution in [2.45, 2.75) is 0 Å². The molecule has 0 atom stereocenters. The van der Waals surface area contributed by atoms with Crippen LogP contribution in [-0.2, 0) is 0 Å². The minimum Gasteiger partial charge on any atom is -0.381 e. The largest absolute Gasteiger partial charge is 0.381 e. The van der Waals surface area contributed by atoms with E-state index in [1.54, 1.807) is 0 Å². The van der Waals surface area contributed by atoms with Gasteiger partial charge in [0.25, 0.3) is 0 Å². The van der Waals surface area contributed by atoms with Crippen molar-refractivity contribution in [2.24, 2.45) is 0 Å². The average Bonchev–Trinajstić information content (AvgIpc) is 2.50. The molecule has 0 aliphatic rings. The van der Waals surface area contributed by atoms with Crippen molar-refractivity contribution in [3.63, 3.8) is 0 Å². The Morgan fingerprint density at radius 3 is 2.29 bits per heavy atom. The number of aromatic nitrogens is 3. The van der Waals surface area contributed by atoms with Gasteiger partial charge in [0.15, 0.2) is 5.82 Å². The molecule has 0 radical (unpaired) electrons. The summed E-state index contributed by atoms with van der Waals surface area (Å²) in [5.41, 5.74) is 5.50. The Bertz CT molecular complexity index is 446. The van der Waals surface area contributed by atoms with Crippen LogP contribution in [0.2, 0.25) is 0 Å². The highest BCUT2D eigenvalue weighted by molar-refractivity contribution is 5.32. The lowest BCUT2D eigenvalue weighted by Gasteiger charge is -1.99. The van der Waals surface area contributed by atoms with Crippen LogP contribution in [0.5, 0.6) is 0 Å². The zero-order valence-electron chi connectivity index (χ0n) is 6.98. The second-order valence-corrected chi connectivity index (χ2v) is 2.69. The lowest BCUT2D eigenvalue weighted by atomic mass is 10.3. The molecule has 1 aromatic heterocycles. The first-order valence-corrected chi connectivity index (χ1v) is 3.79. The topological polar surface area (TPSA) is 56.7 Å². The third kappa shape index (κ3) is 1.54. The summed E-state index contributed by atoms with van der Waals surface area (Å²) in [4.78, 5) is 1.06. The van der Waals surface area contributed by atoms with Crippen molar-refractivity contribution in [3.05, 3.63) is 36.0 Å². The first kappa shape index (κ1) is 8.61. The van der Waals surface area contributed by atoms with Gasteiger partial charge in [-0.2, -0.15) is 5.10 Å². The average molecular weight is 196 g/mol. The molecule has 1 aromatic carbocycles. The zero-order chi connectivity index (χ0) is 10.1. The Morgan fingerprint density at radius 2 is 1.79 bits per heavy atom. The molecule has 0 aliphatic heterocycles. The molecule has 0 unspecified atom stereocenters. The van der Waals surface area contributed by atoms with Crippen LogP contribution in [-0.4, -0.2) is 15.0 Å². The predicted molar refractivity (Wildman–Crippen MR) is 45.7 cm³/mol. The lowest BCUT2D eigenvalue weighted by Crippen LogP contribution is -2.00. The molecule has 0 fully saturated rings. The number of hydrogen-bond donors (Lipinski definition) is 1. The Balaban J connectivity index is 2.51. The highest BCUT2D eigenvalue weighted by atomic mass is 19.1. The lowest BCUT2D eigenvalue weighted by molar-refractivity contribution is 0.577. The van der Waals surface area contributed by atoms with Gasteiger partial charge in [0, 0.05) is 18.2 Å². The van der Waals surface area contributed by atoms with E-state index < -0.39 is 11.6 Å². The van der Waals surface area contributed by atoms with Crippen molar-refractivity contribution in [2.75, 3.05) is 5.73 Å². The second-order valence-electron chi connectivity index (χ2n) is 2.69. The Kier molecular flexibility index (Phi) is 1.88. The molecule has 0 amide bonds. The highest BCUT2D eigenvalue weighted by Crippen LogP contribution is 2.11. The van der Waals surface area contributed by atoms with Crippen LogP contribution < -0.4 is 5.73 Å². The summed E-state index contributed by atoms with van der Waals surface area (Å²) in [5, 5.41) is 7.43. The number of rotatable bonds is 1. The van der Waals surface area contributed by atoms with Crippen LogP contribution >= 0.6 is 0 Å². The minimum absolute atomic E-state index is 0.190. The number of nitrogen functional groups attached to an aromatic ring is 1. The molecule has 6 heteroatoms. The van der Waals surface area contributed by atoms with Gasteiger partial charge in [-0.25, -0.2) is 8.78 Å². The van der Waals surface area contributed by atoms with E-state index in [0.717, 1.165) is 23.0 Å². The SMILES string of the molecule is Nc1cnn(-c2cc(F)cc(F)c2)n1. The Morgan fingerprint density at radius 1 is 1.14 bits per heavy atom. The van der Waals surface area contributed by atoms with Crippen molar-refractivity contribution in [1.82, 2.24) is 15.0 Å². The molecule has 1 heterocycles. The van der Waals surface area contributed by atoms with Gasteiger partial charge < -0.3 is 5.73 Å². The molecule has 0 saturated heterocycles. The van der Waals surface area contributed by atoms with Gasteiger partial charge in [0.2, 0.25) is 0 Å². The number of hydrogen-bond acceptors (Lipinski definition) is 3. The molecule has 0 saturated carbocycles. The monoisotopic (exact) mass is 196 g/mol. The van der Waals surface area contributed by atoms with Crippen LogP contribution in [0.4, 0.5) is 14.6 Å². The summed E-state index contributed by atoms with van der Waals surface area (Å²) in [6.07, 6.45) is 1.29. The quantitative estimate of drug-likeness (QED) is 0.743. The van der Waals surface area contributed by atoms with E-state index in [-0.39, 0.29) is 11.5 Å². The van der Waals surface area contributed by atoms with Crippen LogP contribution in [0.1, 0.15) is 0 Å². The standard InChI is InChI=1S/C8H6F2N4/c9-5-1-6(10)3-7(2-5)14-12-4-8(11)13-14/h1-4H,(H2,11,13). The molecule has 0 bridgehead atoms. The molecule has 72 valence electrons. The molecule has 4 nitrogen and oxygen atoms in total. The van der Waals surface area contributed by atoms with E-state index >= 15 is 0 Å². The second kappa shape index (κ2) is 3.06. The van der Waals surface area contributed by atoms with Crippen LogP contribution in [0.25, 0.3) is 5.69 Å². The fraction of sp³-hybridized carbons (Fsp3) is 0. The van der Waals surface area contributed by atoms with E-state index in [1.165, 1.54) is 6.20 Å². The van der Waals surface area contributed by atoms with Gasteiger partial charge in [-0.15, -0.1) is 9.90 Å². The molecule has 14 heavy (non-hydrogen) atoms. The van der Waals surface area contributed by atoms with Gasteiger partial charge in [-0.3, -0.25) is 0 Å². The maximum atomic E-state index is 12.8. The summed E-state index contributed by atoms with van der Waals surface area (Å²) >= 11 is 0. The molecular formula is C8H6F2N4. The van der Waals surface area contributed by atoms with Gasteiger partial charge in [0.1, 0.15) is 11.6 Å². The normalized spacial score (nSPS) is 10.4. The molecule has 2 N–H and O–H groups in total. The van der Waals surface area contributed by atoms with Crippen molar-refractivity contribution < 1.29 is 8.78 Å². The first-order valence-electron chi connectivity index (χ1n) is 3.79. The van der Waals surface area contributed by atoms with E-state index in [9.17, 15) is 8.78 Å². The maximum absolute atomic E-state index is 12.8. The van der Waals surface area contributed by atoms with Crippen molar-refractivity contribution in [1.29, 1.82) is 0 Å². The third-order valence-corrected chi connectivity index (χ3v) is 1.59. The van der Waals surface area contributed by atoms with E-state index in [4.69, 9.17) is 5.73 Å². The fourth-order valence-electron chi connectivity index (χ4n) is 1.05. The molecule has 0 aliphatic carbocycles. The Labute approximate surface area is 78.0 Å². The summed E-state index contributed by atoms with van der Waals surface area (Å²) in [7, 11) is 0. The van der Waals surface area contributed by atoms with Crippen molar-refractivity contribution >= 4 is 5.82 Å². The number of nitrogens with two attached hydrogens (primary N) is 1. The minimum atomic E-state index is -0.684. The van der Waals surface area contributed by atoms with E-state index in [2.05, 4.69) is 10.2 Å². The first-order chi connectivity index (χ1) is 6.65. The van der Waals surface area contributed by atoms with Crippen LogP contribution in [0, 0.1) is 11.6 Å².